The molecule has 8 heteroatoms. The number of halogens is 1. The molecule has 0 amide bonds. The fraction of sp³-hybridized carbons (Fsp3) is 0.500. The summed E-state index contributed by atoms with van der Waals surface area (Å²) in [6.07, 6.45) is 0. The van der Waals surface area contributed by atoms with E-state index in [1.54, 1.807) is 0 Å². The van der Waals surface area contributed by atoms with Gasteiger partial charge >= 0.3 is 0 Å². The van der Waals surface area contributed by atoms with Gasteiger partial charge in [0.25, 0.3) is 0 Å². The molecule has 0 atom stereocenters. The predicted molar refractivity (Wildman–Crippen MR) is 138 cm³/mol. The number of nitrogens with one attached hydrogen (secondary N) is 1. The van der Waals surface area contributed by atoms with Gasteiger partial charge in [0.1, 0.15) is 0 Å². The number of hydrogen-bond donors (Lipinski definition) is 1. The third-order valence-corrected chi connectivity index (χ3v) is 6.40. The van der Waals surface area contributed by atoms with Crippen molar-refractivity contribution in [1.82, 2.24) is 10.2 Å². The Kier molecular flexibility index (Phi) is 9.07. The largest absolute Gasteiger partial charge is 0.378 e. The lowest BCUT2D eigenvalue weighted by Gasteiger charge is -2.37. The van der Waals surface area contributed by atoms with E-state index in [1.165, 1.54) is 16.3 Å². The summed E-state index contributed by atoms with van der Waals surface area (Å²) in [7, 11) is 0. The fourth-order valence-corrected chi connectivity index (χ4v) is 4.72. The fourth-order valence-electron chi connectivity index (χ4n) is 3.93. The zero-order valence-electron chi connectivity index (χ0n) is 17.6. The van der Waals surface area contributed by atoms with Crippen molar-refractivity contribution in [2.45, 2.75) is 13.5 Å². The third-order valence-electron chi connectivity index (χ3n) is 5.47. The van der Waals surface area contributed by atoms with Gasteiger partial charge in [-0.25, -0.2) is 4.99 Å². The molecule has 0 saturated carbocycles. The van der Waals surface area contributed by atoms with Crippen LogP contribution in [-0.2, 0) is 11.3 Å². The van der Waals surface area contributed by atoms with E-state index in [0.29, 0.717) is 6.54 Å². The van der Waals surface area contributed by atoms with Crippen molar-refractivity contribution < 1.29 is 4.74 Å². The highest BCUT2D eigenvalue weighted by Gasteiger charge is 2.20. The van der Waals surface area contributed by atoms with Gasteiger partial charge in [0, 0.05) is 51.5 Å². The van der Waals surface area contributed by atoms with Gasteiger partial charge in [0.05, 0.1) is 24.8 Å². The number of benzene rings is 1. The lowest BCUT2D eigenvalue weighted by atomic mass is 10.1. The van der Waals surface area contributed by atoms with Gasteiger partial charge in [-0.05, 0) is 36.1 Å². The standard InChI is InChI=1S/C22H31N5OS.HI/c1-2-23-22(27-11-9-26(10-12-27)21-8-5-17-29-21)24-18-19-6-3-4-7-20(19)25-13-15-28-16-14-25;/h3-8,17H,2,9-16,18H2,1H3,(H,23,24);1H. The van der Waals surface area contributed by atoms with Crippen LogP contribution in [0.5, 0.6) is 0 Å². The Bertz CT molecular complexity index is 787. The first-order chi connectivity index (χ1) is 14.3. The summed E-state index contributed by atoms with van der Waals surface area (Å²) in [4.78, 5) is 12.3. The average Bonchev–Trinajstić information content (AvgIpc) is 3.33. The zero-order valence-corrected chi connectivity index (χ0v) is 20.8. The van der Waals surface area contributed by atoms with Crippen LogP contribution in [0.4, 0.5) is 10.7 Å². The average molecular weight is 542 g/mol. The number of rotatable bonds is 5. The Morgan fingerprint density at radius 1 is 1.00 bits per heavy atom. The first-order valence-electron chi connectivity index (χ1n) is 10.6. The summed E-state index contributed by atoms with van der Waals surface area (Å²) in [5.74, 6) is 1.02. The van der Waals surface area contributed by atoms with E-state index in [0.717, 1.165) is 65.0 Å². The molecule has 30 heavy (non-hydrogen) atoms. The van der Waals surface area contributed by atoms with Crippen molar-refractivity contribution in [3.8, 4) is 0 Å². The zero-order chi connectivity index (χ0) is 19.9. The number of thiophene rings is 1. The molecule has 0 unspecified atom stereocenters. The molecule has 2 saturated heterocycles. The number of nitrogens with zero attached hydrogens (tertiary/aromatic N) is 4. The summed E-state index contributed by atoms with van der Waals surface area (Å²) in [5.41, 5.74) is 2.57. The number of hydrogen-bond acceptors (Lipinski definition) is 5. The van der Waals surface area contributed by atoms with Crippen LogP contribution in [0.1, 0.15) is 12.5 Å². The maximum Gasteiger partial charge on any atom is 0.194 e. The van der Waals surface area contributed by atoms with Gasteiger partial charge in [-0.1, -0.05) is 18.2 Å². The van der Waals surface area contributed by atoms with Gasteiger partial charge < -0.3 is 24.8 Å². The lowest BCUT2D eigenvalue weighted by Crippen LogP contribution is -2.52. The molecule has 3 heterocycles. The second kappa shape index (κ2) is 11.8. The molecule has 0 radical (unpaired) electrons. The van der Waals surface area contributed by atoms with E-state index < -0.39 is 0 Å². The smallest absolute Gasteiger partial charge is 0.194 e. The summed E-state index contributed by atoms with van der Waals surface area (Å²) in [5, 5.41) is 7.02. The number of anilines is 2. The van der Waals surface area contributed by atoms with E-state index in [4.69, 9.17) is 9.73 Å². The Morgan fingerprint density at radius 3 is 2.47 bits per heavy atom. The van der Waals surface area contributed by atoms with Crippen molar-refractivity contribution in [3.05, 3.63) is 47.3 Å². The van der Waals surface area contributed by atoms with Gasteiger partial charge in [0.2, 0.25) is 0 Å². The van der Waals surface area contributed by atoms with Crippen LogP contribution in [-0.4, -0.2) is 69.9 Å². The van der Waals surface area contributed by atoms with Gasteiger partial charge in [-0.3, -0.25) is 0 Å². The van der Waals surface area contributed by atoms with E-state index >= 15 is 0 Å². The number of ether oxygens (including phenoxy) is 1. The molecule has 2 fully saturated rings. The lowest BCUT2D eigenvalue weighted by molar-refractivity contribution is 0.122. The molecule has 0 aliphatic carbocycles. The van der Waals surface area contributed by atoms with Crippen LogP contribution < -0.4 is 15.1 Å². The molecule has 6 nitrogen and oxygen atoms in total. The van der Waals surface area contributed by atoms with Crippen LogP contribution in [0.2, 0.25) is 0 Å². The van der Waals surface area contributed by atoms with Crippen LogP contribution in [0.15, 0.2) is 46.8 Å². The van der Waals surface area contributed by atoms with E-state index in [2.05, 4.69) is 68.7 Å². The van der Waals surface area contributed by atoms with Crippen LogP contribution >= 0.6 is 35.3 Å². The molecule has 0 bridgehead atoms. The molecule has 0 spiro atoms. The molecule has 2 aromatic rings. The first kappa shape index (κ1) is 23.1. The molecule has 2 aliphatic rings. The number of para-hydroxylation sites is 1. The molecule has 164 valence electrons. The number of aliphatic imine (C=N–C) groups is 1. The van der Waals surface area contributed by atoms with Crippen molar-refractivity contribution in [3.63, 3.8) is 0 Å². The molecule has 4 rings (SSSR count). The Morgan fingerprint density at radius 2 is 1.77 bits per heavy atom. The monoisotopic (exact) mass is 541 g/mol. The van der Waals surface area contributed by atoms with Crippen LogP contribution in [0, 0.1) is 0 Å². The summed E-state index contributed by atoms with van der Waals surface area (Å²) in [6, 6.07) is 13.0. The maximum absolute atomic E-state index is 5.52. The highest BCUT2D eigenvalue weighted by molar-refractivity contribution is 14.0. The number of piperazine rings is 1. The molecular formula is C22H32IN5OS. The highest BCUT2D eigenvalue weighted by atomic mass is 127. The number of morpholine rings is 1. The molecular weight excluding hydrogens is 509 g/mol. The third kappa shape index (κ3) is 5.79. The SMILES string of the molecule is CCNC(=NCc1ccccc1N1CCOCC1)N1CCN(c2cccs2)CC1.I. The van der Waals surface area contributed by atoms with Gasteiger partial charge in [0.15, 0.2) is 5.96 Å². The summed E-state index contributed by atoms with van der Waals surface area (Å²) >= 11 is 1.82. The van der Waals surface area contributed by atoms with Crippen LogP contribution in [0.3, 0.4) is 0 Å². The minimum Gasteiger partial charge on any atom is -0.378 e. The number of guanidine groups is 1. The normalized spacial score (nSPS) is 17.6. The Balaban J connectivity index is 0.00000256. The maximum atomic E-state index is 5.52. The minimum atomic E-state index is 0. The predicted octanol–water partition coefficient (Wildman–Crippen LogP) is 3.49. The Hall–Kier alpha value is -1.52. The molecule has 1 aromatic carbocycles. The van der Waals surface area contributed by atoms with Crippen molar-refractivity contribution in [2.75, 3.05) is 68.8 Å². The van der Waals surface area contributed by atoms with E-state index in [-0.39, 0.29) is 24.0 Å². The first-order valence-corrected chi connectivity index (χ1v) is 11.5. The molecule has 1 aromatic heterocycles. The van der Waals surface area contributed by atoms with Crippen LogP contribution in [0.25, 0.3) is 0 Å². The van der Waals surface area contributed by atoms with Gasteiger partial charge in [-0.15, -0.1) is 35.3 Å². The van der Waals surface area contributed by atoms with Crippen molar-refractivity contribution in [1.29, 1.82) is 0 Å². The van der Waals surface area contributed by atoms with Crippen molar-refractivity contribution in [2.24, 2.45) is 4.99 Å². The Labute approximate surface area is 200 Å². The van der Waals surface area contributed by atoms with Gasteiger partial charge in [-0.2, -0.15) is 0 Å². The highest BCUT2D eigenvalue weighted by Crippen LogP contribution is 2.24. The summed E-state index contributed by atoms with van der Waals surface area (Å²) in [6.45, 7) is 11.3. The van der Waals surface area contributed by atoms with E-state index in [9.17, 15) is 0 Å². The quantitative estimate of drug-likeness (QED) is 0.357. The summed E-state index contributed by atoms with van der Waals surface area (Å²) < 4.78 is 5.52. The molecule has 2 aliphatic heterocycles. The second-order valence-corrected chi connectivity index (χ2v) is 8.25. The van der Waals surface area contributed by atoms with Crippen molar-refractivity contribution >= 4 is 52.0 Å². The molecule has 1 N–H and O–H groups in total. The second-order valence-electron chi connectivity index (χ2n) is 7.32. The van der Waals surface area contributed by atoms with E-state index in [1.807, 2.05) is 11.3 Å². The minimum absolute atomic E-state index is 0. The topological polar surface area (TPSA) is 43.3 Å².